The highest BCUT2D eigenvalue weighted by molar-refractivity contribution is 7.87. The predicted octanol–water partition coefficient (Wildman–Crippen LogP) is 3.17. The molecule has 1 aromatic rings. The van der Waals surface area contributed by atoms with Gasteiger partial charge in [0, 0.05) is 12.6 Å². The van der Waals surface area contributed by atoms with E-state index in [-0.39, 0.29) is 23.5 Å². The van der Waals surface area contributed by atoms with Gasteiger partial charge in [0.2, 0.25) is 5.91 Å². The molecule has 0 heterocycles. The lowest BCUT2D eigenvalue weighted by atomic mass is 10.1. The normalized spacial score (nSPS) is 14.1. The molecule has 0 N–H and O–H groups in total. The van der Waals surface area contributed by atoms with Crippen LogP contribution in [0.5, 0.6) is 5.75 Å². The molecule has 1 amide bonds. The molecular weight excluding hydrogens is 338 g/mol. The second-order valence-corrected chi connectivity index (χ2v) is 7.93. The fourth-order valence-electron chi connectivity index (χ4n) is 1.95. The molecule has 0 aliphatic heterocycles. The van der Waals surface area contributed by atoms with Crippen molar-refractivity contribution in [2.24, 2.45) is 0 Å². The van der Waals surface area contributed by atoms with Gasteiger partial charge in [0.25, 0.3) is 0 Å². The first-order valence-electron chi connectivity index (χ1n) is 7.65. The summed E-state index contributed by atoms with van der Waals surface area (Å²) in [4.78, 5) is 14.0. The highest BCUT2D eigenvalue weighted by atomic mass is 35.5. The maximum atomic E-state index is 12.2. The van der Waals surface area contributed by atoms with E-state index in [0.717, 1.165) is 12.0 Å². The SMILES string of the molecule is CC[C@H](C)N(Cc1ccc(OS(=O)(=O)CC)cc1)C(=O)[C@@H](C)Cl. The molecule has 0 saturated carbocycles. The number of carbonyl (C=O) groups excluding carboxylic acids is 1. The molecule has 0 aliphatic rings. The molecule has 0 unspecified atom stereocenters. The number of halogens is 1. The van der Waals surface area contributed by atoms with Gasteiger partial charge in [-0.05, 0) is 44.9 Å². The molecule has 1 aromatic carbocycles. The maximum absolute atomic E-state index is 12.2. The van der Waals surface area contributed by atoms with Crippen molar-refractivity contribution >= 4 is 27.6 Å². The Hall–Kier alpha value is -1.27. The van der Waals surface area contributed by atoms with Gasteiger partial charge < -0.3 is 9.08 Å². The topological polar surface area (TPSA) is 63.7 Å². The molecule has 0 aliphatic carbocycles. The van der Waals surface area contributed by atoms with Crippen molar-refractivity contribution in [2.75, 3.05) is 5.75 Å². The quantitative estimate of drug-likeness (QED) is 0.527. The van der Waals surface area contributed by atoms with Crippen LogP contribution in [0.3, 0.4) is 0 Å². The van der Waals surface area contributed by atoms with E-state index in [9.17, 15) is 13.2 Å². The Morgan fingerprint density at radius 3 is 2.22 bits per heavy atom. The highest BCUT2D eigenvalue weighted by Gasteiger charge is 2.23. The Morgan fingerprint density at radius 1 is 1.22 bits per heavy atom. The van der Waals surface area contributed by atoms with Crippen molar-refractivity contribution in [3.8, 4) is 5.75 Å². The fourth-order valence-corrected chi connectivity index (χ4v) is 2.60. The molecule has 0 fully saturated rings. The molecule has 23 heavy (non-hydrogen) atoms. The van der Waals surface area contributed by atoms with Crippen molar-refractivity contribution in [2.45, 2.75) is 52.1 Å². The number of alkyl halides is 1. The summed E-state index contributed by atoms with van der Waals surface area (Å²) in [6, 6.07) is 6.75. The van der Waals surface area contributed by atoms with Crippen LogP contribution in [0.2, 0.25) is 0 Å². The summed E-state index contributed by atoms with van der Waals surface area (Å²) in [6.07, 6.45) is 0.825. The number of rotatable bonds is 8. The van der Waals surface area contributed by atoms with Crippen LogP contribution in [0.4, 0.5) is 0 Å². The summed E-state index contributed by atoms with van der Waals surface area (Å²) in [5.41, 5.74) is 0.886. The number of benzene rings is 1. The van der Waals surface area contributed by atoms with Gasteiger partial charge in [-0.25, -0.2) is 0 Å². The monoisotopic (exact) mass is 361 g/mol. The van der Waals surface area contributed by atoms with Gasteiger partial charge in [0.15, 0.2) is 0 Å². The Balaban J connectivity index is 2.88. The summed E-state index contributed by atoms with van der Waals surface area (Å²) in [5, 5.41) is -0.582. The van der Waals surface area contributed by atoms with Crippen molar-refractivity contribution in [1.82, 2.24) is 4.90 Å². The first-order chi connectivity index (χ1) is 10.7. The summed E-state index contributed by atoms with van der Waals surface area (Å²) in [6.45, 7) is 7.59. The van der Waals surface area contributed by atoms with Gasteiger partial charge in [-0.2, -0.15) is 8.42 Å². The van der Waals surface area contributed by atoms with E-state index in [0.29, 0.717) is 6.54 Å². The third kappa shape index (κ3) is 6.03. The number of hydrogen-bond acceptors (Lipinski definition) is 4. The number of hydrogen-bond donors (Lipinski definition) is 0. The third-order valence-electron chi connectivity index (χ3n) is 3.60. The van der Waals surface area contributed by atoms with Gasteiger partial charge in [0.1, 0.15) is 11.1 Å². The van der Waals surface area contributed by atoms with Crippen LogP contribution < -0.4 is 4.18 Å². The Bertz CT molecular complexity index is 613. The number of carbonyl (C=O) groups is 1. The average Bonchev–Trinajstić information content (AvgIpc) is 2.52. The summed E-state index contributed by atoms with van der Waals surface area (Å²) < 4.78 is 27.8. The molecule has 0 radical (unpaired) electrons. The second-order valence-electron chi connectivity index (χ2n) is 5.41. The van der Waals surface area contributed by atoms with E-state index in [1.807, 2.05) is 13.8 Å². The average molecular weight is 362 g/mol. The summed E-state index contributed by atoms with van der Waals surface area (Å²) in [5.74, 6) is 0.0659. The number of amides is 1. The molecule has 2 atom stereocenters. The minimum Gasteiger partial charge on any atom is -0.382 e. The molecule has 1 rings (SSSR count). The molecule has 5 nitrogen and oxygen atoms in total. The molecule has 0 saturated heterocycles. The minimum absolute atomic E-state index is 0.0695. The Labute approximate surface area is 143 Å². The van der Waals surface area contributed by atoms with Crippen LogP contribution in [0.15, 0.2) is 24.3 Å². The first kappa shape index (κ1) is 19.8. The molecule has 130 valence electrons. The Kier molecular flexibility index (Phi) is 7.35. The summed E-state index contributed by atoms with van der Waals surface area (Å²) >= 11 is 5.93. The standard InChI is InChI=1S/C16H24ClNO4S/c1-5-12(3)18(16(19)13(4)17)11-14-7-9-15(10-8-14)22-23(20,21)6-2/h7-10,12-13H,5-6,11H2,1-4H3/t12-,13+/m0/s1. The maximum Gasteiger partial charge on any atom is 0.308 e. The van der Waals surface area contributed by atoms with Crippen LogP contribution in [-0.4, -0.2) is 36.4 Å². The van der Waals surface area contributed by atoms with Crippen LogP contribution in [0.1, 0.15) is 39.7 Å². The highest BCUT2D eigenvalue weighted by Crippen LogP contribution is 2.18. The van der Waals surface area contributed by atoms with Crippen molar-refractivity contribution in [1.29, 1.82) is 0 Å². The van der Waals surface area contributed by atoms with Crippen molar-refractivity contribution in [3.63, 3.8) is 0 Å². The van der Waals surface area contributed by atoms with Crippen LogP contribution in [-0.2, 0) is 21.5 Å². The van der Waals surface area contributed by atoms with Crippen LogP contribution in [0, 0.1) is 0 Å². The van der Waals surface area contributed by atoms with Gasteiger partial charge in [0.05, 0.1) is 5.75 Å². The molecule has 0 bridgehead atoms. The zero-order valence-electron chi connectivity index (χ0n) is 14.0. The molecule has 0 aromatic heterocycles. The van der Waals surface area contributed by atoms with E-state index in [4.69, 9.17) is 15.8 Å². The van der Waals surface area contributed by atoms with Crippen molar-refractivity contribution < 1.29 is 17.4 Å². The lowest BCUT2D eigenvalue weighted by molar-refractivity contribution is -0.133. The molecule has 7 heteroatoms. The largest absolute Gasteiger partial charge is 0.382 e. The lowest BCUT2D eigenvalue weighted by Gasteiger charge is -2.29. The van der Waals surface area contributed by atoms with E-state index in [1.165, 1.54) is 6.92 Å². The lowest BCUT2D eigenvalue weighted by Crippen LogP contribution is -2.41. The molecule has 0 spiro atoms. The smallest absolute Gasteiger partial charge is 0.308 e. The second kappa shape index (κ2) is 8.55. The third-order valence-corrected chi connectivity index (χ3v) is 4.94. The van der Waals surface area contributed by atoms with Crippen LogP contribution in [0.25, 0.3) is 0 Å². The van der Waals surface area contributed by atoms with Crippen LogP contribution >= 0.6 is 11.6 Å². The van der Waals surface area contributed by atoms with Gasteiger partial charge >= 0.3 is 10.1 Å². The Morgan fingerprint density at radius 2 is 1.78 bits per heavy atom. The zero-order valence-corrected chi connectivity index (χ0v) is 15.5. The van der Waals surface area contributed by atoms with Crippen molar-refractivity contribution in [3.05, 3.63) is 29.8 Å². The zero-order chi connectivity index (χ0) is 17.6. The van der Waals surface area contributed by atoms with E-state index in [1.54, 1.807) is 36.1 Å². The minimum atomic E-state index is -3.53. The van der Waals surface area contributed by atoms with Gasteiger partial charge in [-0.3, -0.25) is 4.79 Å². The van der Waals surface area contributed by atoms with Gasteiger partial charge in [-0.1, -0.05) is 19.1 Å². The van der Waals surface area contributed by atoms with Gasteiger partial charge in [-0.15, -0.1) is 11.6 Å². The first-order valence-corrected chi connectivity index (χ1v) is 9.67. The summed E-state index contributed by atoms with van der Waals surface area (Å²) in [7, 11) is -3.53. The van der Waals surface area contributed by atoms with E-state index < -0.39 is 15.5 Å². The fraction of sp³-hybridized carbons (Fsp3) is 0.562. The number of nitrogens with zero attached hydrogens (tertiary/aromatic N) is 1. The van der Waals surface area contributed by atoms with E-state index in [2.05, 4.69) is 0 Å². The molecular formula is C16H24ClNO4S. The predicted molar refractivity (Wildman–Crippen MR) is 92.1 cm³/mol. The van der Waals surface area contributed by atoms with E-state index >= 15 is 0 Å².